The SMILES string of the molecule is Cc1nnc(CSc2ncnc3sc4c(c23)CC[C@@H](C)C4)o1. The van der Waals surface area contributed by atoms with Gasteiger partial charge >= 0.3 is 0 Å². The lowest BCUT2D eigenvalue weighted by Crippen LogP contribution is -2.08. The molecule has 0 bridgehead atoms. The molecule has 0 aromatic carbocycles. The van der Waals surface area contributed by atoms with Crippen molar-refractivity contribution in [3.63, 3.8) is 0 Å². The van der Waals surface area contributed by atoms with E-state index in [-0.39, 0.29) is 0 Å². The third-order valence-corrected chi connectivity index (χ3v) is 6.09. The van der Waals surface area contributed by atoms with Gasteiger partial charge in [-0.15, -0.1) is 21.5 Å². The Labute approximate surface area is 136 Å². The zero-order valence-corrected chi connectivity index (χ0v) is 14.1. The highest BCUT2D eigenvalue weighted by Crippen LogP contribution is 2.40. The van der Waals surface area contributed by atoms with Crippen molar-refractivity contribution < 1.29 is 4.42 Å². The van der Waals surface area contributed by atoms with Crippen LogP contribution in [0.5, 0.6) is 0 Å². The summed E-state index contributed by atoms with van der Waals surface area (Å²) in [7, 11) is 0. The van der Waals surface area contributed by atoms with Crippen LogP contribution in [-0.2, 0) is 18.6 Å². The number of hydrogen-bond donors (Lipinski definition) is 0. The molecule has 0 amide bonds. The highest BCUT2D eigenvalue weighted by molar-refractivity contribution is 7.98. The lowest BCUT2D eigenvalue weighted by Gasteiger charge is -2.18. The van der Waals surface area contributed by atoms with Crippen molar-refractivity contribution in [3.05, 3.63) is 28.5 Å². The van der Waals surface area contributed by atoms with Crippen LogP contribution >= 0.6 is 23.1 Å². The van der Waals surface area contributed by atoms with Crippen molar-refractivity contribution in [1.82, 2.24) is 20.2 Å². The fraction of sp³-hybridized carbons (Fsp3) is 0.467. The predicted molar refractivity (Wildman–Crippen MR) is 87.2 cm³/mol. The van der Waals surface area contributed by atoms with Crippen LogP contribution in [0.3, 0.4) is 0 Å². The summed E-state index contributed by atoms with van der Waals surface area (Å²) in [6.07, 6.45) is 5.22. The van der Waals surface area contributed by atoms with Gasteiger partial charge in [-0.1, -0.05) is 18.7 Å². The van der Waals surface area contributed by atoms with E-state index in [1.165, 1.54) is 28.7 Å². The van der Waals surface area contributed by atoms with E-state index in [0.717, 1.165) is 22.2 Å². The van der Waals surface area contributed by atoms with E-state index < -0.39 is 0 Å². The van der Waals surface area contributed by atoms with E-state index >= 15 is 0 Å². The van der Waals surface area contributed by atoms with E-state index in [1.807, 2.05) is 11.3 Å². The summed E-state index contributed by atoms with van der Waals surface area (Å²) in [4.78, 5) is 11.6. The van der Waals surface area contributed by atoms with E-state index in [4.69, 9.17) is 4.42 Å². The number of fused-ring (bicyclic) bond motifs is 3. The molecule has 3 aromatic heterocycles. The minimum absolute atomic E-state index is 0.602. The van der Waals surface area contributed by atoms with Gasteiger partial charge in [0.15, 0.2) is 0 Å². The number of aryl methyl sites for hydroxylation is 2. The van der Waals surface area contributed by atoms with E-state index in [0.29, 0.717) is 17.5 Å². The van der Waals surface area contributed by atoms with Crippen LogP contribution in [0.1, 0.15) is 35.6 Å². The lowest BCUT2D eigenvalue weighted by molar-refractivity contribution is 0.485. The first kappa shape index (κ1) is 14.1. The van der Waals surface area contributed by atoms with Gasteiger partial charge in [0.1, 0.15) is 16.2 Å². The average molecular weight is 332 g/mol. The topological polar surface area (TPSA) is 64.7 Å². The second kappa shape index (κ2) is 5.62. The van der Waals surface area contributed by atoms with Crippen LogP contribution in [0.15, 0.2) is 15.8 Å². The molecule has 4 rings (SSSR count). The first-order valence-corrected chi connectivity index (χ1v) is 9.18. The molecule has 22 heavy (non-hydrogen) atoms. The average Bonchev–Trinajstić information content (AvgIpc) is 3.07. The Hall–Kier alpha value is -1.47. The molecule has 1 aliphatic rings. The molecule has 1 aliphatic carbocycles. The quantitative estimate of drug-likeness (QED) is 0.537. The van der Waals surface area contributed by atoms with E-state index in [9.17, 15) is 0 Å². The maximum atomic E-state index is 5.44. The monoisotopic (exact) mass is 332 g/mol. The van der Waals surface area contributed by atoms with Crippen molar-refractivity contribution in [2.45, 2.75) is 43.9 Å². The van der Waals surface area contributed by atoms with Crippen LogP contribution in [-0.4, -0.2) is 20.2 Å². The third kappa shape index (κ3) is 2.52. The first-order valence-electron chi connectivity index (χ1n) is 7.37. The molecule has 3 heterocycles. The summed E-state index contributed by atoms with van der Waals surface area (Å²) in [5, 5.41) is 10.2. The number of thiophene rings is 1. The van der Waals surface area contributed by atoms with Crippen molar-refractivity contribution in [3.8, 4) is 0 Å². The fourth-order valence-corrected chi connectivity index (χ4v) is 5.16. The molecule has 5 nitrogen and oxygen atoms in total. The Morgan fingerprint density at radius 2 is 2.27 bits per heavy atom. The zero-order chi connectivity index (χ0) is 15.1. The fourth-order valence-electron chi connectivity index (χ4n) is 2.88. The standard InChI is InChI=1S/C15H16N4OS2/c1-8-3-4-10-11(5-8)22-15-13(10)14(16-7-17-15)21-6-12-19-18-9(2)20-12/h7-8H,3-6H2,1-2H3/t8-/m1/s1. The molecule has 0 spiro atoms. The van der Waals surface area contributed by atoms with Crippen molar-refractivity contribution in [1.29, 1.82) is 0 Å². The molecule has 0 saturated carbocycles. The van der Waals surface area contributed by atoms with Crippen molar-refractivity contribution >= 4 is 33.3 Å². The molecular formula is C15H16N4OS2. The van der Waals surface area contributed by atoms with Gasteiger partial charge in [-0.05, 0) is 30.7 Å². The highest BCUT2D eigenvalue weighted by Gasteiger charge is 2.23. The molecule has 0 radical (unpaired) electrons. The maximum Gasteiger partial charge on any atom is 0.226 e. The molecule has 0 fully saturated rings. The van der Waals surface area contributed by atoms with Gasteiger partial charge in [0.25, 0.3) is 0 Å². The van der Waals surface area contributed by atoms with Crippen LogP contribution in [0.25, 0.3) is 10.2 Å². The Morgan fingerprint density at radius 3 is 3.09 bits per heavy atom. The number of thioether (sulfide) groups is 1. The van der Waals surface area contributed by atoms with Gasteiger partial charge in [-0.2, -0.15) is 0 Å². The Kier molecular flexibility index (Phi) is 3.62. The first-order chi connectivity index (χ1) is 10.7. The summed E-state index contributed by atoms with van der Waals surface area (Å²) in [5.74, 6) is 2.66. The number of hydrogen-bond acceptors (Lipinski definition) is 7. The summed E-state index contributed by atoms with van der Waals surface area (Å²) < 4.78 is 5.44. The second-order valence-electron chi connectivity index (χ2n) is 5.71. The minimum atomic E-state index is 0.602. The van der Waals surface area contributed by atoms with Gasteiger partial charge < -0.3 is 4.42 Å². The Balaban J connectivity index is 1.68. The van der Waals surface area contributed by atoms with Crippen LogP contribution < -0.4 is 0 Å². The van der Waals surface area contributed by atoms with Gasteiger partial charge in [-0.3, -0.25) is 0 Å². The molecule has 0 aliphatic heterocycles. The predicted octanol–water partition coefficient (Wildman–Crippen LogP) is 3.80. The molecule has 1 atom stereocenters. The summed E-state index contributed by atoms with van der Waals surface area (Å²) in [5.41, 5.74) is 1.46. The summed E-state index contributed by atoms with van der Waals surface area (Å²) in [6, 6.07) is 0. The minimum Gasteiger partial charge on any atom is -0.425 e. The molecule has 0 N–H and O–H groups in total. The molecule has 0 unspecified atom stereocenters. The Bertz CT molecular complexity index is 826. The highest BCUT2D eigenvalue weighted by atomic mass is 32.2. The van der Waals surface area contributed by atoms with Crippen LogP contribution in [0.4, 0.5) is 0 Å². The lowest BCUT2D eigenvalue weighted by atomic mass is 9.89. The number of nitrogens with zero attached hydrogens (tertiary/aromatic N) is 4. The summed E-state index contributed by atoms with van der Waals surface area (Å²) in [6.45, 7) is 4.13. The van der Waals surface area contributed by atoms with E-state index in [1.54, 1.807) is 25.0 Å². The van der Waals surface area contributed by atoms with Gasteiger partial charge in [-0.25, -0.2) is 9.97 Å². The van der Waals surface area contributed by atoms with Crippen molar-refractivity contribution in [2.75, 3.05) is 0 Å². The van der Waals surface area contributed by atoms with Crippen LogP contribution in [0.2, 0.25) is 0 Å². The normalized spacial score (nSPS) is 17.8. The van der Waals surface area contributed by atoms with Gasteiger partial charge in [0.05, 0.1) is 5.75 Å². The number of rotatable bonds is 3. The Morgan fingerprint density at radius 1 is 1.36 bits per heavy atom. The molecule has 3 aromatic rings. The maximum absolute atomic E-state index is 5.44. The van der Waals surface area contributed by atoms with E-state index in [2.05, 4.69) is 27.1 Å². The van der Waals surface area contributed by atoms with Crippen molar-refractivity contribution in [2.24, 2.45) is 5.92 Å². The third-order valence-electron chi connectivity index (χ3n) is 3.96. The zero-order valence-electron chi connectivity index (χ0n) is 12.5. The van der Waals surface area contributed by atoms with Gasteiger partial charge in [0, 0.05) is 17.2 Å². The molecule has 0 saturated heterocycles. The second-order valence-corrected chi connectivity index (χ2v) is 7.76. The van der Waals surface area contributed by atoms with Gasteiger partial charge in [0.2, 0.25) is 11.8 Å². The smallest absolute Gasteiger partial charge is 0.226 e. The van der Waals surface area contributed by atoms with Crippen LogP contribution in [0, 0.1) is 12.8 Å². The number of aromatic nitrogens is 4. The summed E-state index contributed by atoms with van der Waals surface area (Å²) >= 11 is 3.48. The molecule has 114 valence electrons. The molecular weight excluding hydrogens is 316 g/mol. The molecule has 7 heteroatoms. The largest absolute Gasteiger partial charge is 0.425 e.